The minimum atomic E-state index is -0.570. The molecular weight excluding hydrogens is 308 g/mol. The van der Waals surface area contributed by atoms with Gasteiger partial charge in [-0.3, -0.25) is 0 Å². The van der Waals surface area contributed by atoms with Crippen molar-refractivity contribution in [2.75, 3.05) is 13.7 Å². The quantitative estimate of drug-likeness (QED) is 0.513. The predicted octanol–water partition coefficient (Wildman–Crippen LogP) is 2.40. The van der Waals surface area contributed by atoms with Crippen LogP contribution in [-0.4, -0.2) is 36.3 Å². The smallest absolute Gasteiger partial charge is 0.408 e. The lowest BCUT2D eigenvalue weighted by molar-refractivity contribution is 0.0533. The largest absolute Gasteiger partial charge is 0.465 e. The zero-order valence-corrected chi connectivity index (χ0v) is 13.6. The predicted molar refractivity (Wildman–Crippen MR) is 81.7 cm³/mol. The normalized spacial score (nSPS) is 10.2. The van der Waals surface area contributed by atoms with E-state index in [1.807, 2.05) is 0 Å². The minimum absolute atomic E-state index is 0.0771. The van der Waals surface area contributed by atoms with Crippen LogP contribution in [0.2, 0.25) is 5.15 Å². The number of nitrogens with one attached hydrogen (secondary N) is 1. The summed E-state index contributed by atoms with van der Waals surface area (Å²) in [7, 11) is 1.27. The van der Waals surface area contributed by atoms with E-state index in [1.54, 1.807) is 20.8 Å². The van der Waals surface area contributed by atoms with Gasteiger partial charge in [-0.15, -0.1) is 0 Å². The summed E-state index contributed by atoms with van der Waals surface area (Å²) in [6.45, 7) is 5.37. The van der Waals surface area contributed by atoms with Gasteiger partial charge in [0.05, 0.1) is 24.8 Å². The molecule has 0 saturated carbocycles. The summed E-state index contributed by atoms with van der Waals surface area (Å²) in [6, 6.07) is 1.47. The number of aromatic nitrogens is 1. The molecule has 22 heavy (non-hydrogen) atoms. The highest BCUT2D eigenvalue weighted by molar-refractivity contribution is 6.30. The third-order valence-corrected chi connectivity index (χ3v) is 2.50. The maximum absolute atomic E-state index is 11.4. The number of hydrogen-bond acceptors (Lipinski definition) is 5. The number of carbonyl (C=O) groups excluding carboxylic acids is 2. The molecule has 1 aromatic heterocycles. The average Bonchev–Trinajstić information content (AvgIpc) is 2.42. The molecule has 1 heterocycles. The Bertz CT molecular complexity index is 627. The van der Waals surface area contributed by atoms with Gasteiger partial charge in [0.1, 0.15) is 10.8 Å². The van der Waals surface area contributed by atoms with Gasteiger partial charge in [0.2, 0.25) is 0 Å². The van der Waals surface area contributed by atoms with Crippen molar-refractivity contribution >= 4 is 23.7 Å². The van der Waals surface area contributed by atoms with Crippen molar-refractivity contribution < 1.29 is 19.1 Å². The lowest BCUT2D eigenvalue weighted by atomic mass is 10.2. The van der Waals surface area contributed by atoms with Gasteiger partial charge < -0.3 is 14.8 Å². The molecule has 0 fully saturated rings. The van der Waals surface area contributed by atoms with Crippen LogP contribution < -0.4 is 5.32 Å². The molecule has 0 radical (unpaired) electrons. The van der Waals surface area contributed by atoms with Crippen molar-refractivity contribution in [3.05, 3.63) is 28.5 Å². The molecule has 118 valence electrons. The van der Waals surface area contributed by atoms with Gasteiger partial charge in [0.15, 0.2) is 0 Å². The van der Waals surface area contributed by atoms with Gasteiger partial charge in [-0.25, -0.2) is 14.6 Å². The number of esters is 1. The van der Waals surface area contributed by atoms with Crippen LogP contribution in [0, 0.1) is 11.8 Å². The fourth-order valence-electron chi connectivity index (χ4n) is 1.34. The zero-order chi connectivity index (χ0) is 16.8. The summed E-state index contributed by atoms with van der Waals surface area (Å²) in [5.74, 6) is 4.90. The number of ether oxygens (including phenoxy) is 2. The summed E-state index contributed by atoms with van der Waals surface area (Å²) in [6.07, 6.45) is 0.743. The minimum Gasteiger partial charge on any atom is -0.465 e. The summed E-state index contributed by atoms with van der Waals surface area (Å²) < 4.78 is 9.65. The van der Waals surface area contributed by atoms with E-state index in [0.29, 0.717) is 5.56 Å². The van der Waals surface area contributed by atoms with Crippen LogP contribution in [-0.2, 0) is 9.47 Å². The number of nitrogens with zero attached hydrogens (tertiary/aromatic N) is 1. The lowest BCUT2D eigenvalue weighted by Gasteiger charge is -2.18. The van der Waals surface area contributed by atoms with E-state index in [2.05, 4.69) is 26.9 Å². The Morgan fingerprint density at radius 2 is 2.09 bits per heavy atom. The number of pyridine rings is 1. The third-order valence-electron chi connectivity index (χ3n) is 2.20. The molecular formula is C15H17ClN2O4. The van der Waals surface area contributed by atoms with E-state index in [9.17, 15) is 9.59 Å². The first kappa shape index (κ1) is 17.8. The van der Waals surface area contributed by atoms with Gasteiger partial charge in [0, 0.05) is 6.20 Å². The first-order chi connectivity index (χ1) is 10.2. The van der Waals surface area contributed by atoms with E-state index in [0.717, 1.165) is 0 Å². The van der Waals surface area contributed by atoms with Crippen LogP contribution in [0.1, 0.15) is 36.7 Å². The number of halogens is 1. The Morgan fingerprint density at radius 1 is 1.41 bits per heavy atom. The molecule has 7 heteroatoms. The highest BCUT2D eigenvalue weighted by Gasteiger charge is 2.15. The van der Waals surface area contributed by atoms with Crippen molar-refractivity contribution in [3.63, 3.8) is 0 Å². The van der Waals surface area contributed by atoms with Gasteiger partial charge in [-0.2, -0.15) is 0 Å². The van der Waals surface area contributed by atoms with Gasteiger partial charge in [-0.1, -0.05) is 23.4 Å². The van der Waals surface area contributed by atoms with Crippen molar-refractivity contribution in [1.29, 1.82) is 0 Å². The van der Waals surface area contributed by atoms with Crippen LogP contribution in [0.5, 0.6) is 0 Å². The summed E-state index contributed by atoms with van der Waals surface area (Å²) in [5.41, 5.74) is 0.0476. The Labute approximate surface area is 134 Å². The fourth-order valence-corrected chi connectivity index (χ4v) is 1.49. The SMILES string of the molecule is COC(=O)c1cnc(Cl)c(C#CCNC(=O)OC(C)(C)C)c1. The Kier molecular flexibility index (Phi) is 6.20. The first-order valence-corrected chi connectivity index (χ1v) is 6.80. The molecule has 0 bridgehead atoms. The Morgan fingerprint density at radius 3 is 2.68 bits per heavy atom. The topological polar surface area (TPSA) is 77.5 Å². The molecule has 1 rings (SSSR count). The van der Waals surface area contributed by atoms with E-state index < -0.39 is 17.7 Å². The monoisotopic (exact) mass is 324 g/mol. The molecule has 0 aliphatic heterocycles. The maximum Gasteiger partial charge on any atom is 0.408 e. The molecule has 0 aromatic carbocycles. The number of hydrogen-bond donors (Lipinski definition) is 1. The fraction of sp³-hybridized carbons (Fsp3) is 0.400. The van der Waals surface area contributed by atoms with E-state index in [1.165, 1.54) is 19.4 Å². The van der Waals surface area contributed by atoms with Crippen molar-refractivity contribution in [3.8, 4) is 11.8 Å². The van der Waals surface area contributed by atoms with Gasteiger partial charge in [0.25, 0.3) is 0 Å². The van der Waals surface area contributed by atoms with Crippen LogP contribution in [0.4, 0.5) is 4.79 Å². The molecule has 0 atom stereocenters. The number of amides is 1. The van der Waals surface area contributed by atoms with E-state index in [-0.39, 0.29) is 17.3 Å². The number of methoxy groups -OCH3 is 1. The summed E-state index contributed by atoms with van der Waals surface area (Å²) >= 11 is 5.89. The van der Waals surface area contributed by atoms with Crippen LogP contribution in [0.25, 0.3) is 0 Å². The molecule has 0 aliphatic rings. The molecule has 0 aliphatic carbocycles. The molecule has 0 spiro atoms. The van der Waals surface area contributed by atoms with Gasteiger partial charge >= 0.3 is 12.1 Å². The Balaban J connectivity index is 2.68. The average molecular weight is 325 g/mol. The van der Waals surface area contributed by atoms with Crippen molar-refractivity contribution in [2.24, 2.45) is 0 Å². The molecule has 1 N–H and O–H groups in total. The second-order valence-corrected chi connectivity index (χ2v) is 5.57. The highest BCUT2D eigenvalue weighted by atomic mass is 35.5. The molecule has 1 amide bonds. The van der Waals surface area contributed by atoms with Crippen LogP contribution in [0.15, 0.2) is 12.3 Å². The van der Waals surface area contributed by atoms with Gasteiger partial charge in [-0.05, 0) is 26.8 Å². The first-order valence-electron chi connectivity index (χ1n) is 6.42. The van der Waals surface area contributed by atoms with Crippen molar-refractivity contribution in [1.82, 2.24) is 10.3 Å². The Hall–Kier alpha value is -2.26. The summed E-state index contributed by atoms with van der Waals surface area (Å²) in [4.78, 5) is 26.7. The second-order valence-electron chi connectivity index (χ2n) is 5.21. The summed E-state index contributed by atoms with van der Waals surface area (Å²) in [5, 5.41) is 2.65. The van der Waals surface area contributed by atoms with Crippen LogP contribution in [0.3, 0.4) is 0 Å². The number of alkyl carbamates (subject to hydrolysis) is 1. The highest BCUT2D eigenvalue weighted by Crippen LogP contribution is 2.13. The van der Waals surface area contributed by atoms with E-state index in [4.69, 9.17) is 16.3 Å². The number of carbonyl (C=O) groups is 2. The third kappa shape index (κ3) is 6.02. The second kappa shape index (κ2) is 7.66. The molecule has 1 aromatic rings. The molecule has 6 nitrogen and oxygen atoms in total. The number of rotatable bonds is 2. The standard InChI is InChI=1S/C15H17ClN2O4/c1-15(2,3)22-14(20)17-7-5-6-10-8-11(13(19)21-4)9-18-12(10)16/h8-9H,7H2,1-4H3,(H,17,20). The van der Waals surface area contributed by atoms with E-state index >= 15 is 0 Å². The van der Waals surface area contributed by atoms with Crippen molar-refractivity contribution in [2.45, 2.75) is 26.4 Å². The zero-order valence-electron chi connectivity index (χ0n) is 12.8. The molecule has 0 unspecified atom stereocenters. The lowest BCUT2D eigenvalue weighted by Crippen LogP contribution is -2.32. The molecule has 0 saturated heterocycles. The maximum atomic E-state index is 11.4. The van der Waals surface area contributed by atoms with Crippen LogP contribution >= 0.6 is 11.6 Å².